The van der Waals surface area contributed by atoms with E-state index in [1.165, 1.54) is 18.4 Å². The van der Waals surface area contributed by atoms with E-state index in [2.05, 4.69) is 72.4 Å². The van der Waals surface area contributed by atoms with Crippen LogP contribution in [-0.4, -0.2) is 132 Å². The number of H-pyrrole nitrogens is 2. The molecule has 2 aromatic heterocycles. The summed E-state index contributed by atoms with van der Waals surface area (Å²) in [6.45, 7) is 7.75. The van der Waals surface area contributed by atoms with E-state index in [9.17, 15) is 24.0 Å². The lowest BCUT2D eigenvalue weighted by Crippen LogP contribution is -2.65. The number of methoxy groups -OCH3 is 2. The fourth-order valence-electron chi connectivity index (χ4n) is 11.4. The monoisotopic (exact) mass is 1080 g/mol. The van der Waals surface area contributed by atoms with Gasteiger partial charge >= 0.3 is 18.0 Å². The van der Waals surface area contributed by atoms with Crippen molar-refractivity contribution in [2.75, 3.05) is 60.1 Å². The molecule has 0 radical (unpaired) electrons. The maximum Gasteiger partial charge on any atom is 0.315 e. The first-order valence-corrected chi connectivity index (χ1v) is 28.6. The highest BCUT2D eigenvalue weighted by atomic mass is 16.5. The lowest BCUT2D eigenvalue weighted by Gasteiger charge is -2.52. The van der Waals surface area contributed by atoms with Crippen LogP contribution in [0.3, 0.4) is 0 Å². The maximum atomic E-state index is 13.9. The van der Waals surface area contributed by atoms with Crippen molar-refractivity contribution in [3.05, 3.63) is 132 Å². The molecule has 3 aliphatic rings. The number of nitrogens with zero attached hydrogens (tertiary/aromatic N) is 4. The van der Waals surface area contributed by atoms with Gasteiger partial charge in [-0.05, 0) is 85.4 Å². The molecule has 1 saturated carbocycles. The number of aromatic amines is 2. The number of benzene rings is 3. The van der Waals surface area contributed by atoms with Crippen LogP contribution < -0.4 is 30.7 Å². The van der Waals surface area contributed by atoms with Crippen molar-refractivity contribution in [2.24, 2.45) is 11.3 Å². The molecule has 18 nitrogen and oxygen atoms in total. The highest BCUT2D eigenvalue weighted by Gasteiger charge is 2.50. The number of esters is 1. The standard InChI is InChI=1S/C31H45N5O5.C30H39N5O3/c1-3-19-41-29(38)31(24-7-5-4-6-8-24)14-17-36(18-15-31)28(37)27(20-23-9-11-26(40-2)12-10-23)35-30(39)33-16-13-25-21-32-22-34-25;1-3-4-8-16-30(24-9-6-5-7-10-24)20-35(21-30)28(36)27(18-23-11-13-26(38-2)14-12-23)34-29(37)32-17-15-25-19-31-22-33-25/h9-12,21-22,24,27H,3-8,13-20H2,1-2H3,(H,32,34)(H2,33,35,39);5-7,9-14,19,22,27H,3-4,8,15-18,20-21H2,1-2H3,(H,31,33)(H2,32,34,37). The third kappa shape index (κ3) is 16.8. The number of urea groups is 2. The average Bonchev–Trinajstić information content (AvgIpc) is 4.36. The number of carbonyl (C=O) groups excluding carboxylic acids is 5. The van der Waals surface area contributed by atoms with E-state index in [4.69, 9.17) is 14.2 Å². The molecular formula is C61H84N10O8. The second-order valence-corrected chi connectivity index (χ2v) is 21.4. The van der Waals surface area contributed by atoms with Gasteiger partial charge in [-0.25, -0.2) is 19.6 Å². The van der Waals surface area contributed by atoms with Crippen LogP contribution >= 0.6 is 0 Å². The van der Waals surface area contributed by atoms with Gasteiger partial charge in [0.1, 0.15) is 23.6 Å². The SMILES string of the molecule is CCCCCC1(c2ccccc2)CN(C(=O)C(Cc2ccc(OC)cc2)NC(=O)NCCc2c[nH]cn2)C1.CCCOC(=O)C1(C2CCCCC2)CCN(C(=O)C(Cc2ccc(OC)cc2)NC(=O)NCCc2c[nH]cn2)CC1. The quantitative estimate of drug-likeness (QED) is 0.0242. The summed E-state index contributed by atoms with van der Waals surface area (Å²) >= 11 is 0. The Hall–Kier alpha value is -7.37. The second kappa shape index (κ2) is 30.1. The second-order valence-electron chi connectivity index (χ2n) is 21.4. The van der Waals surface area contributed by atoms with Gasteiger partial charge in [0.15, 0.2) is 0 Å². The van der Waals surface area contributed by atoms with E-state index in [0.29, 0.717) is 90.3 Å². The lowest BCUT2D eigenvalue weighted by atomic mass is 9.63. The predicted molar refractivity (Wildman–Crippen MR) is 304 cm³/mol. The first-order chi connectivity index (χ1) is 38.5. The molecule has 426 valence electrons. The van der Waals surface area contributed by atoms with E-state index in [-0.39, 0.29) is 29.2 Å². The Bertz CT molecular complexity index is 2610. The summed E-state index contributed by atoms with van der Waals surface area (Å²) < 4.78 is 16.3. The zero-order chi connectivity index (χ0) is 55.9. The van der Waals surface area contributed by atoms with Gasteiger partial charge in [0, 0.05) is 82.8 Å². The van der Waals surface area contributed by atoms with Crippen molar-refractivity contribution in [1.29, 1.82) is 0 Å². The molecular weight excluding hydrogens is 1000 g/mol. The van der Waals surface area contributed by atoms with Gasteiger partial charge in [-0.1, -0.05) is 107 Å². The fraction of sp³-hybridized carbons (Fsp3) is 0.525. The Kier molecular flexibility index (Phi) is 22.6. The Labute approximate surface area is 466 Å². The van der Waals surface area contributed by atoms with Gasteiger partial charge < -0.3 is 55.2 Å². The van der Waals surface area contributed by atoms with E-state index in [1.807, 2.05) is 71.3 Å². The minimum Gasteiger partial charge on any atom is -0.497 e. The summed E-state index contributed by atoms with van der Waals surface area (Å²) in [5, 5.41) is 11.6. The molecule has 79 heavy (non-hydrogen) atoms. The van der Waals surface area contributed by atoms with Crippen molar-refractivity contribution >= 4 is 29.8 Å². The molecule has 2 saturated heterocycles. The smallest absolute Gasteiger partial charge is 0.315 e. The number of rotatable bonds is 25. The van der Waals surface area contributed by atoms with E-state index < -0.39 is 23.5 Å². The first-order valence-electron chi connectivity index (χ1n) is 28.6. The summed E-state index contributed by atoms with van der Waals surface area (Å²) in [6, 6.07) is 23.5. The number of unbranched alkanes of at least 4 members (excludes halogenated alkanes) is 2. The van der Waals surface area contributed by atoms with E-state index in [1.54, 1.807) is 39.3 Å². The molecule has 0 spiro atoms. The number of imidazole rings is 2. The van der Waals surface area contributed by atoms with Crippen LogP contribution in [0.25, 0.3) is 0 Å². The zero-order valence-corrected chi connectivity index (χ0v) is 46.9. The van der Waals surface area contributed by atoms with Crippen molar-refractivity contribution < 1.29 is 38.2 Å². The highest BCUT2D eigenvalue weighted by molar-refractivity contribution is 5.89. The number of likely N-dealkylation sites (tertiary alicyclic amines) is 2. The molecule has 18 heteroatoms. The molecule has 1 aliphatic carbocycles. The largest absolute Gasteiger partial charge is 0.497 e. The summed E-state index contributed by atoms with van der Waals surface area (Å²) in [5.41, 5.74) is 4.32. The van der Waals surface area contributed by atoms with Gasteiger partial charge in [-0.3, -0.25) is 14.4 Å². The number of ether oxygens (including phenoxy) is 3. The minimum atomic E-state index is -0.747. The van der Waals surface area contributed by atoms with Crippen molar-refractivity contribution in [3.63, 3.8) is 0 Å². The van der Waals surface area contributed by atoms with E-state index in [0.717, 1.165) is 85.4 Å². The number of amides is 6. The third-order valence-corrected chi connectivity index (χ3v) is 16.0. The Morgan fingerprint density at radius 2 is 1.18 bits per heavy atom. The average molecular weight is 1090 g/mol. The number of piperidine rings is 1. The number of carbonyl (C=O) groups is 5. The fourth-order valence-corrected chi connectivity index (χ4v) is 11.4. The summed E-state index contributed by atoms with van der Waals surface area (Å²) in [6.07, 6.45) is 20.8. The molecule has 4 heterocycles. The molecule has 2 atom stereocenters. The minimum absolute atomic E-state index is 0.0252. The number of aromatic nitrogens is 4. The van der Waals surface area contributed by atoms with Crippen LogP contribution in [0, 0.1) is 11.3 Å². The van der Waals surface area contributed by atoms with Crippen LogP contribution in [-0.2, 0) is 50.2 Å². The molecule has 3 fully saturated rings. The van der Waals surface area contributed by atoms with Gasteiger partial charge in [0.05, 0.1) is 50.3 Å². The topological polar surface area (TPSA) is 225 Å². The molecule has 6 amide bonds. The van der Waals surface area contributed by atoms with Crippen molar-refractivity contribution in [2.45, 2.75) is 134 Å². The number of hydrogen-bond donors (Lipinski definition) is 6. The van der Waals surface area contributed by atoms with Crippen LogP contribution in [0.15, 0.2) is 104 Å². The Morgan fingerprint density at radius 3 is 1.65 bits per heavy atom. The summed E-state index contributed by atoms with van der Waals surface area (Å²) in [4.78, 5) is 84.6. The van der Waals surface area contributed by atoms with Crippen LogP contribution in [0.4, 0.5) is 9.59 Å². The molecule has 2 aliphatic heterocycles. The molecule has 0 bridgehead atoms. The Morgan fingerprint density at radius 1 is 0.658 bits per heavy atom. The van der Waals surface area contributed by atoms with Gasteiger partial charge in [-0.2, -0.15) is 0 Å². The van der Waals surface area contributed by atoms with Crippen molar-refractivity contribution in [1.82, 2.24) is 51.0 Å². The van der Waals surface area contributed by atoms with Crippen LogP contribution in [0.5, 0.6) is 11.5 Å². The number of hydrogen-bond acceptors (Lipinski definition) is 10. The normalized spacial score (nSPS) is 16.4. The molecule has 8 rings (SSSR count). The van der Waals surface area contributed by atoms with Gasteiger partial charge in [0.2, 0.25) is 11.8 Å². The molecule has 3 aromatic carbocycles. The lowest BCUT2D eigenvalue weighted by molar-refractivity contribution is -0.167. The maximum absolute atomic E-state index is 13.9. The van der Waals surface area contributed by atoms with Crippen molar-refractivity contribution in [3.8, 4) is 11.5 Å². The van der Waals surface area contributed by atoms with E-state index >= 15 is 0 Å². The first kappa shape index (κ1) is 59.3. The van der Waals surface area contributed by atoms with Crippen LogP contribution in [0.1, 0.15) is 119 Å². The molecule has 6 N–H and O–H groups in total. The van der Waals surface area contributed by atoms with Crippen LogP contribution in [0.2, 0.25) is 0 Å². The Balaban J connectivity index is 0.000000229. The summed E-state index contributed by atoms with van der Waals surface area (Å²) in [7, 11) is 3.23. The third-order valence-electron chi connectivity index (χ3n) is 16.0. The summed E-state index contributed by atoms with van der Waals surface area (Å²) in [5.74, 6) is 1.50. The molecule has 2 unspecified atom stereocenters. The van der Waals surface area contributed by atoms with Gasteiger partial charge in [-0.15, -0.1) is 0 Å². The van der Waals surface area contributed by atoms with Gasteiger partial charge in [0.25, 0.3) is 0 Å². The predicted octanol–water partition coefficient (Wildman–Crippen LogP) is 8.25. The number of nitrogens with one attached hydrogen (secondary N) is 6. The highest BCUT2D eigenvalue weighted by Crippen LogP contribution is 2.47. The molecule has 5 aromatic rings. The zero-order valence-electron chi connectivity index (χ0n) is 46.9.